The van der Waals surface area contributed by atoms with E-state index in [4.69, 9.17) is 4.74 Å². The third-order valence-electron chi connectivity index (χ3n) is 4.07. The molecule has 0 unspecified atom stereocenters. The molecule has 0 radical (unpaired) electrons. The van der Waals surface area contributed by atoms with Crippen molar-refractivity contribution in [1.29, 1.82) is 5.26 Å². The molecule has 0 N–H and O–H groups in total. The number of nitrogens with zero attached hydrogens (tertiary/aromatic N) is 1. The van der Waals surface area contributed by atoms with Gasteiger partial charge in [0.2, 0.25) is 0 Å². The van der Waals surface area contributed by atoms with Crippen LogP contribution in [0.3, 0.4) is 0 Å². The highest BCUT2D eigenvalue weighted by Gasteiger charge is 2.61. The van der Waals surface area contributed by atoms with E-state index in [1.165, 1.54) is 11.3 Å². The molecule has 2 nitrogen and oxygen atoms in total. The third-order valence-corrected chi connectivity index (χ3v) is 5.97. The Bertz CT molecular complexity index is 454. The van der Waals surface area contributed by atoms with Gasteiger partial charge in [-0.15, -0.1) is 11.3 Å². The first-order valence-electron chi connectivity index (χ1n) is 5.46. The van der Waals surface area contributed by atoms with Gasteiger partial charge in [0.05, 0.1) is 30.1 Å². The van der Waals surface area contributed by atoms with Crippen LogP contribution in [0.5, 0.6) is 0 Å². The van der Waals surface area contributed by atoms with Crippen LogP contribution in [0.2, 0.25) is 0 Å². The van der Waals surface area contributed by atoms with Crippen LogP contribution in [0.1, 0.15) is 24.1 Å². The van der Waals surface area contributed by atoms with Crippen molar-refractivity contribution in [2.45, 2.75) is 24.7 Å². The summed E-state index contributed by atoms with van der Waals surface area (Å²) in [5.41, 5.74) is -0.174. The molecular formula is C12H12BrNOS. The van der Waals surface area contributed by atoms with Gasteiger partial charge in [-0.25, -0.2) is 0 Å². The molecule has 0 atom stereocenters. The predicted octanol–water partition coefficient (Wildman–Crippen LogP) is 3.47. The van der Waals surface area contributed by atoms with E-state index in [2.05, 4.69) is 33.4 Å². The second-order valence-electron chi connectivity index (χ2n) is 4.75. The van der Waals surface area contributed by atoms with Crippen LogP contribution in [0.15, 0.2) is 15.9 Å². The molecule has 0 bridgehead atoms. The van der Waals surface area contributed by atoms with Crippen LogP contribution in [-0.4, -0.2) is 13.2 Å². The highest BCUT2D eigenvalue weighted by atomic mass is 79.9. The van der Waals surface area contributed by atoms with Gasteiger partial charge in [0.25, 0.3) is 0 Å². The van der Waals surface area contributed by atoms with Crippen LogP contribution in [0, 0.1) is 16.7 Å². The second kappa shape index (κ2) is 3.56. The summed E-state index contributed by atoms with van der Waals surface area (Å²) >= 11 is 5.24. The predicted molar refractivity (Wildman–Crippen MR) is 66.4 cm³/mol. The van der Waals surface area contributed by atoms with E-state index in [9.17, 15) is 5.26 Å². The Labute approximate surface area is 107 Å². The molecule has 0 amide bonds. The van der Waals surface area contributed by atoms with Crippen LogP contribution < -0.4 is 0 Å². The summed E-state index contributed by atoms with van der Waals surface area (Å²) in [7, 11) is 0. The summed E-state index contributed by atoms with van der Waals surface area (Å²) in [6.45, 7) is 1.43. The van der Waals surface area contributed by atoms with Gasteiger partial charge in [-0.2, -0.15) is 5.26 Å². The fourth-order valence-electron chi connectivity index (χ4n) is 2.75. The Morgan fingerprint density at radius 2 is 2.19 bits per heavy atom. The zero-order valence-corrected chi connectivity index (χ0v) is 11.2. The Balaban J connectivity index is 2.04. The SMILES string of the molecule is N#CC1(C2(c3cc(Br)cs3)COC2)CCC1. The molecule has 4 heteroatoms. The van der Waals surface area contributed by atoms with Crippen molar-refractivity contribution in [3.63, 3.8) is 0 Å². The van der Waals surface area contributed by atoms with E-state index in [0.29, 0.717) is 13.2 Å². The minimum absolute atomic E-state index is 0.0172. The maximum absolute atomic E-state index is 9.49. The number of thiophene rings is 1. The summed E-state index contributed by atoms with van der Waals surface area (Å²) in [5, 5.41) is 11.6. The molecule has 2 aliphatic rings. The van der Waals surface area contributed by atoms with Crippen LogP contribution in [0.4, 0.5) is 0 Å². The van der Waals surface area contributed by atoms with E-state index in [1.54, 1.807) is 11.3 Å². The first kappa shape index (κ1) is 10.8. The molecule has 1 saturated carbocycles. The maximum atomic E-state index is 9.49. The van der Waals surface area contributed by atoms with Crippen LogP contribution in [0.25, 0.3) is 0 Å². The maximum Gasteiger partial charge on any atom is 0.0723 e. The molecule has 0 aromatic carbocycles. The molecule has 84 valence electrons. The number of rotatable bonds is 2. The first-order valence-corrected chi connectivity index (χ1v) is 7.13. The summed E-state index contributed by atoms with van der Waals surface area (Å²) in [4.78, 5) is 1.31. The lowest BCUT2D eigenvalue weighted by Gasteiger charge is -2.55. The quantitative estimate of drug-likeness (QED) is 0.837. The minimum atomic E-state index is -0.157. The van der Waals surface area contributed by atoms with E-state index in [-0.39, 0.29) is 10.8 Å². The van der Waals surface area contributed by atoms with Crippen LogP contribution >= 0.6 is 27.3 Å². The molecule has 3 rings (SSSR count). The van der Waals surface area contributed by atoms with E-state index in [0.717, 1.165) is 17.3 Å². The molecule has 1 aromatic rings. The molecular weight excluding hydrogens is 286 g/mol. The van der Waals surface area contributed by atoms with Gasteiger partial charge < -0.3 is 4.74 Å². The molecule has 2 fully saturated rings. The molecule has 0 spiro atoms. The van der Waals surface area contributed by atoms with Crippen LogP contribution in [-0.2, 0) is 10.2 Å². The lowest BCUT2D eigenvalue weighted by Crippen LogP contribution is -2.60. The van der Waals surface area contributed by atoms with Gasteiger partial charge in [-0.05, 0) is 34.8 Å². The highest BCUT2D eigenvalue weighted by molar-refractivity contribution is 9.10. The largest absolute Gasteiger partial charge is 0.379 e. The van der Waals surface area contributed by atoms with Crippen molar-refractivity contribution in [2.75, 3.05) is 13.2 Å². The summed E-state index contributed by atoms with van der Waals surface area (Å²) < 4.78 is 6.54. The molecule has 16 heavy (non-hydrogen) atoms. The van der Waals surface area contributed by atoms with E-state index < -0.39 is 0 Å². The smallest absolute Gasteiger partial charge is 0.0723 e. The zero-order valence-electron chi connectivity index (χ0n) is 8.83. The number of halogens is 1. The van der Waals surface area contributed by atoms with Crippen molar-refractivity contribution in [3.8, 4) is 6.07 Å². The third kappa shape index (κ3) is 1.20. The van der Waals surface area contributed by atoms with Gasteiger partial charge in [0.1, 0.15) is 0 Å². The fraction of sp³-hybridized carbons (Fsp3) is 0.583. The number of hydrogen-bond donors (Lipinski definition) is 0. The van der Waals surface area contributed by atoms with Gasteiger partial charge >= 0.3 is 0 Å². The minimum Gasteiger partial charge on any atom is -0.379 e. The van der Waals surface area contributed by atoms with Crippen molar-refractivity contribution in [1.82, 2.24) is 0 Å². The Morgan fingerprint density at radius 1 is 1.44 bits per heavy atom. The summed E-state index contributed by atoms with van der Waals surface area (Å²) in [6.07, 6.45) is 3.24. The second-order valence-corrected chi connectivity index (χ2v) is 6.58. The van der Waals surface area contributed by atoms with Gasteiger partial charge in [0, 0.05) is 14.7 Å². The average molecular weight is 298 g/mol. The Kier molecular flexibility index (Phi) is 2.39. The number of hydrogen-bond acceptors (Lipinski definition) is 3. The monoisotopic (exact) mass is 297 g/mol. The normalized spacial score (nSPS) is 25.2. The Morgan fingerprint density at radius 3 is 2.50 bits per heavy atom. The molecule has 1 aliphatic heterocycles. The lowest BCUT2D eigenvalue weighted by molar-refractivity contribution is -0.133. The Hall–Kier alpha value is -0.370. The van der Waals surface area contributed by atoms with Crippen molar-refractivity contribution in [2.24, 2.45) is 5.41 Å². The molecule has 1 aromatic heterocycles. The van der Waals surface area contributed by atoms with E-state index >= 15 is 0 Å². The van der Waals surface area contributed by atoms with Gasteiger partial charge in [-0.3, -0.25) is 0 Å². The number of ether oxygens (including phenoxy) is 1. The first-order chi connectivity index (χ1) is 7.72. The molecule has 1 aliphatic carbocycles. The summed E-state index contributed by atoms with van der Waals surface area (Å²) in [6, 6.07) is 4.73. The molecule has 2 heterocycles. The lowest BCUT2D eigenvalue weighted by atomic mass is 9.52. The highest BCUT2D eigenvalue weighted by Crippen LogP contribution is 2.59. The van der Waals surface area contributed by atoms with Gasteiger partial charge in [0.15, 0.2) is 0 Å². The van der Waals surface area contributed by atoms with E-state index in [1.807, 2.05) is 0 Å². The summed E-state index contributed by atoms with van der Waals surface area (Å²) in [5.74, 6) is 0. The molecule has 1 saturated heterocycles. The number of nitriles is 1. The van der Waals surface area contributed by atoms with Crippen molar-refractivity contribution < 1.29 is 4.74 Å². The van der Waals surface area contributed by atoms with Crippen molar-refractivity contribution in [3.05, 3.63) is 20.8 Å². The fourth-order valence-corrected chi connectivity index (χ4v) is 4.45. The van der Waals surface area contributed by atoms with Gasteiger partial charge in [-0.1, -0.05) is 6.42 Å². The zero-order chi connectivity index (χ0) is 11.2. The van der Waals surface area contributed by atoms with Crippen molar-refractivity contribution >= 4 is 27.3 Å². The average Bonchev–Trinajstić information content (AvgIpc) is 2.55. The topological polar surface area (TPSA) is 33.0 Å². The standard InChI is InChI=1S/C12H12BrNOS/c13-9-4-10(16-5-9)12(7-15-8-12)11(6-14)2-1-3-11/h4-5H,1-3,7-8H2.